The summed E-state index contributed by atoms with van der Waals surface area (Å²) in [6.07, 6.45) is 6.19. The van der Waals surface area contributed by atoms with Crippen molar-refractivity contribution in [1.82, 2.24) is 4.90 Å². The zero-order chi connectivity index (χ0) is 19.1. The SMILES string of the molecule is NCc1cc(C(=O)Nc2ccc(NC(=O)CN3CCCCCC3)cc2)co1. The van der Waals surface area contributed by atoms with E-state index in [0.717, 1.165) is 25.9 Å². The summed E-state index contributed by atoms with van der Waals surface area (Å²) in [5, 5.41) is 5.70. The van der Waals surface area contributed by atoms with Gasteiger partial charge in [0.2, 0.25) is 5.91 Å². The molecular formula is C20H26N4O3. The first-order valence-corrected chi connectivity index (χ1v) is 9.35. The zero-order valence-electron chi connectivity index (χ0n) is 15.4. The molecule has 1 aliphatic heterocycles. The van der Waals surface area contributed by atoms with Crippen LogP contribution in [0.15, 0.2) is 41.0 Å². The van der Waals surface area contributed by atoms with Gasteiger partial charge in [-0.3, -0.25) is 14.5 Å². The lowest BCUT2D eigenvalue weighted by molar-refractivity contribution is -0.117. The molecule has 2 aromatic rings. The smallest absolute Gasteiger partial charge is 0.258 e. The highest BCUT2D eigenvalue weighted by Gasteiger charge is 2.13. The van der Waals surface area contributed by atoms with E-state index in [1.165, 1.54) is 19.1 Å². The van der Waals surface area contributed by atoms with Crippen molar-refractivity contribution in [1.29, 1.82) is 0 Å². The van der Waals surface area contributed by atoms with E-state index >= 15 is 0 Å². The third kappa shape index (κ3) is 5.67. The quantitative estimate of drug-likeness (QED) is 0.726. The molecule has 2 heterocycles. The summed E-state index contributed by atoms with van der Waals surface area (Å²) in [6, 6.07) is 8.67. The molecule has 1 aromatic carbocycles. The number of anilines is 2. The Morgan fingerprint density at radius 2 is 1.63 bits per heavy atom. The second-order valence-corrected chi connectivity index (χ2v) is 6.78. The predicted molar refractivity (Wildman–Crippen MR) is 105 cm³/mol. The highest BCUT2D eigenvalue weighted by Crippen LogP contribution is 2.16. The lowest BCUT2D eigenvalue weighted by Gasteiger charge is -2.19. The zero-order valence-corrected chi connectivity index (χ0v) is 15.4. The van der Waals surface area contributed by atoms with Gasteiger partial charge in [0.15, 0.2) is 0 Å². The number of amides is 2. The molecule has 0 atom stereocenters. The molecule has 4 N–H and O–H groups in total. The van der Waals surface area contributed by atoms with Crippen LogP contribution in [-0.4, -0.2) is 36.3 Å². The van der Waals surface area contributed by atoms with Crippen molar-refractivity contribution >= 4 is 23.2 Å². The number of benzene rings is 1. The molecule has 0 radical (unpaired) electrons. The summed E-state index contributed by atoms with van der Waals surface area (Å²) in [5.41, 5.74) is 7.25. The van der Waals surface area contributed by atoms with Gasteiger partial charge in [-0.15, -0.1) is 0 Å². The average Bonchev–Trinajstić information content (AvgIpc) is 3.01. The highest BCUT2D eigenvalue weighted by molar-refractivity contribution is 6.04. The van der Waals surface area contributed by atoms with E-state index in [0.29, 0.717) is 29.2 Å². The predicted octanol–water partition coefficient (Wildman–Crippen LogP) is 2.81. The Morgan fingerprint density at radius 1 is 1.00 bits per heavy atom. The molecule has 0 spiro atoms. The van der Waals surface area contributed by atoms with Crippen molar-refractivity contribution in [3.63, 3.8) is 0 Å². The van der Waals surface area contributed by atoms with Gasteiger partial charge in [0.05, 0.1) is 18.7 Å². The molecular weight excluding hydrogens is 344 g/mol. The van der Waals surface area contributed by atoms with Crippen molar-refractivity contribution in [2.75, 3.05) is 30.3 Å². The molecule has 0 aliphatic carbocycles. The summed E-state index contributed by atoms with van der Waals surface area (Å²) in [6.45, 7) is 2.64. The summed E-state index contributed by atoms with van der Waals surface area (Å²) < 4.78 is 5.17. The monoisotopic (exact) mass is 370 g/mol. The molecule has 1 fully saturated rings. The largest absolute Gasteiger partial charge is 0.467 e. The maximum atomic E-state index is 12.2. The average molecular weight is 370 g/mol. The van der Waals surface area contributed by atoms with Gasteiger partial charge in [0, 0.05) is 11.4 Å². The maximum absolute atomic E-state index is 12.2. The van der Waals surface area contributed by atoms with Crippen LogP contribution in [0.3, 0.4) is 0 Å². The summed E-state index contributed by atoms with van der Waals surface area (Å²) in [7, 11) is 0. The fraction of sp³-hybridized carbons (Fsp3) is 0.400. The van der Waals surface area contributed by atoms with Gasteiger partial charge in [0.25, 0.3) is 5.91 Å². The number of likely N-dealkylation sites (tertiary alicyclic amines) is 1. The van der Waals surface area contributed by atoms with Crippen LogP contribution in [0.1, 0.15) is 41.8 Å². The first-order valence-electron chi connectivity index (χ1n) is 9.35. The van der Waals surface area contributed by atoms with Crippen molar-refractivity contribution in [3.8, 4) is 0 Å². The number of nitrogens with one attached hydrogen (secondary N) is 2. The summed E-state index contributed by atoms with van der Waals surface area (Å²) >= 11 is 0. The lowest BCUT2D eigenvalue weighted by Crippen LogP contribution is -2.33. The molecule has 7 heteroatoms. The lowest BCUT2D eigenvalue weighted by atomic mass is 10.2. The molecule has 1 aromatic heterocycles. The van der Waals surface area contributed by atoms with Gasteiger partial charge >= 0.3 is 0 Å². The van der Waals surface area contributed by atoms with Crippen molar-refractivity contribution in [3.05, 3.63) is 47.9 Å². The van der Waals surface area contributed by atoms with Gasteiger partial charge in [-0.25, -0.2) is 0 Å². The Kier molecular flexibility index (Phi) is 6.62. The van der Waals surface area contributed by atoms with Crippen LogP contribution in [-0.2, 0) is 11.3 Å². The fourth-order valence-corrected chi connectivity index (χ4v) is 3.14. The van der Waals surface area contributed by atoms with E-state index in [1.54, 1.807) is 30.3 Å². The molecule has 0 unspecified atom stereocenters. The minimum Gasteiger partial charge on any atom is -0.467 e. The topological polar surface area (TPSA) is 101 Å². The first kappa shape index (κ1) is 19.1. The Labute approximate surface area is 158 Å². The molecule has 7 nitrogen and oxygen atoms in total. The number of nitrogens with two attached hydrogens (primary N) is 1. The van der Waals surface area contributed by atoms with Crippen LogP contribution in [0.25, 0.3) is 0 Å². The van der Waals surface area contributed by atoms with Gasteiger partial charge in [-0.2, -0.15) is 0 Å². The van der Waals surface area contributed by atoms with E-state index in [2.05, 4.69) is 15.5 Å². The molecule has 1 aliphatic rings. The van der Waals surface area contributed by atoms with Crippen molar-refractivity contribution in [2.24, 2.45) is 5.73 Å². The molecule has 3 rings (SSSR count). The van der Waals surface area contributed by atoms with Gasteiger partial charge in [0.1, 0.15) is 12.0 Å². The Hall–Kier alpha value is -2.64. The molecule has 0 saturated carbocycles. The second-order valence-electron chi connectivity index (χ2n) is 6.78. The Morgan fingerprint density at radius 3 is 2.22 bits per heavy atom. The van der Waals surface area contributed by atoms with E-state index < -0.39 is 0 Å². The second kappa shape index (κ2) is 9.34. The Balaban J connectivity index is 1.50. The van der Waals surface area contributed by atoms with Crippen LogP contribution >= 0.6 is 0 Å². The van der Waals surface area contributed by atoms with Gasteiger partial charge in [-0.05, 0) is 56.3 Å². The minimum absolute atomic E-state index is 0.0126. The summed E-state index contributed by atoms with van der Waals surface area (Å²) in [4.78, 5) is 26.6. The number of hydrogen-bond donors (Lipinski definition) is 3. The minimum atomic E-state index is -0.267. The number of carbonyl (C=O) groups is 2. The number of carbonyl (C=O) groups excluding carboxylic acids is 2. The fourth-order valence-electron chi connectivity index (χ4n) is 3.14. The molecule has 144 valence electrons. The third-order valence-electron chi connectivity index (χ3n) is 4.61. The standard InChI is InChI=1S/C20H26N4O3/c21-12-18-11-15(14-27-18)20(26)23-17-7-5-16(6-8-17)22-19(25)13-24-9-3-1-2-4-10-24/h5-8,11,14H,1-4,9-10,12-13,21H2,(H,22,25)(H,23,26). The first-order chi connectivity index (χ1) is 13.1. The van der Waals surface area contributed by atoms with E-state index in [4.69, 9.17) is 10.2 Å². The van der Waals surface area contributed by atoms with Crippen molar-refractivity contribution in [2.45, 2.75) is 32.2 Å². The van der Waals surface area contributed by atoms with Crippen LogP contribution in [0, 0.1) is 0 Å². The Bertz CT molecular complexity index is 762. The number of hydrogen-bond acceptors (Lipinski definition) is 5. The maximum Gasteiger partial charge on any atom is 0.258 e. The normalized spacial score (nSPS) is 15.1. The van der Waals surface area contributed by atoms with Crippen LogP contribution in [0.2, 0.25) is 0 Å². The number of rotatable bonds is 6. The van der Waals surface area contributed by atoms with E-state index in [1.807, 2.05) is 0 Å². The van der Waals surface area contributed by atoms with Gasteiger partial charge in [-0.1, -0.05) is 12.8 Å². The number of furan rings is 1. The summed E-state index contributed by atoms with van der Waals surface area (Å²) in [5.74, 6) is 0.278. The molecule has 27 heavy (non-hydrogen) atoms. The molecule has 0 bridgehead atoms. The van der Waals surface area contributed by atoms with E-state index in [9.17, 15) is 9.59 Å². The van der Waals surface area contributed by atoms with Crippen LogP contribution in [0.4, 0.5) is 11.4 Å². The third-order valence-corrected chi connectivity index (χ3v) is 4.61. The van der Waals surface area contributed by atoms with E-state index in [-0.39, 0.29) is 18.4 Å². The molecule has 1 saturated heterocycles. The highest BCUT2D eigenvalue weighted by atomic mass is 16.3. The van der Waals surface area contributed by atoms with Crippen LogP contribution in [0.5, 0.6) is 0 Å². The van der Waals surface area contributed by atoms with Gasteiger partial charge < -0.3 is 20.8 Å². The number of nitrogens with zero attached hydrogens (tertiary/aromatic N) is 1. The van der Waals surface area contributed by atoms with Crippen LogP contribution < -0.4 is 16.4 Å². The molecule has 2 amide bonds. The van der Waals surface area contributed by atoms with Crippen molar-refractivity contribution < 1.29 is 14.0 Å².